The van der Waals surface area contributed by atoms with E-state index in [2.05, 4.69) is 194 Å². The van der Waals surface area contributed by atoms with E-state index in [0.717, 1.165) is 50.5 Å². The Hall–Kier alpha value is -7.36. The number of para-hydroxylation sites is 2. The van der Waals surface area contributed by atoms with Crippen molar-refractivity contribution in [2.24, 2.45) is 0 Å². The quantitative estimate of drug-likeness (QED) is 0.160. The number of aromatic nitrogens is 3. The van der Waals surface area contributed by atoms with E-state index >= 15 is 0 Å². The van der Waals surface area contributed by atoms with Gasteiger partial charge in [-0.1, -0.05) is 176 Å². The highest BCUT2D eigenvalue weighted by Crippen LogP contribution is 2.63. The zero-order valence-corrected chi connectivity index (χ0v) is 31.5. The van der Waals surface area contributed by atoms with Crippen LogP contribution in [0.25, 0.3) is 77.8 Å². The Balaban J connectivity index is 1.08. The van der Waals surface area contributed by atoms with Gasteiger partial charge in [0.15, 0.2) is 5.82 Å². The lowest BCUT2D eigenvalue weighted by Crippen LogP contribution is -2.27. The van der Waals surface area contributed by atoms with Crippen LogP contribution in [0.2, 0.25) is 0 Å². The van der Waals surface area contributed by atoms with Crippen LogP contribution < -0.4 is 0 Å². The van der Waals surface area contributed by atoms with E-state index in [1.165, 1.54) is 49.6 Å². The molecule has 0 fully saturated rings. The zero-order valence-electron chi connectivity index (χ0n) is 31.5. The molecular weight excluding hydrogens is 691 g/mol. The molecule has 0 radical (unpaired) electrons. The Bertz CT molecular complexity index is 3040. The second-order valence-electron chi connectivity index (χ2n) is 15.0. The number of hydrogen-bond donors (Lipinski definition) is 0. The van der Waals surface area contributed by atoms with Crippen LogP contribution in [0.15, 0.2) is 201 Å². The Labute approximate surface area is 332 Å². The second kappa shape index (κ2) is 12.9. The number of fused-ring (bicyclic) bond motifs is 13. The minimum atomic E-state index is -0.561. The molecule has 11 rings (SSSR count). The smallest absolute Gasteiger partial charge is 0.156 e. The Morgan fingerprint density at radius 1 is 0.509 bits per heavy atom. The molecule has 9 aromatic rings. The molecule has 2 aliphatic rings. The zero-order chi connectivity index (χ0) is 38.1. The molecule has 0 N–H and O–H groups in total. The van der Waals surface area contributed by atoms with Gasteiger partial charge in [-0.25, -0.2) is 9.97 Å². The first-order valence-electron chi connectivity index (χ1n) is 19.5. The molecule has 0 saturated carbocycles. The molecule has 2 aliphatic carbocycles. The summed E-state index contributed by atoms with van der Waals surface area (Å²) in [4.78, 5) is 10.9. The summed E-state index contributed by atoms with van der Waals surface area (Å²) in [5, 5.41) is 2.53. The average Bonchev–Trinajstić information content (AvgIpc) is 3.88. The summed E-state index contributed by atoms with van der Waals surface area (Å²) in [6.07, 6.45) is 7.78. The van der Waals surface area contributed by atoms with Crippen LogP contribution >= 0.6 is 0 Å². The lowest BCUT2D eigenvalue weighted by molar-refractivity contribution is 0.786. The summed E-state index contributed by atoms with van der Waals surface area (Å²) in [5.74, 6) is 0.716. The van der Waals surface area contributed by atoms with Crippen molar-refractivity contribution < 1.29 is 0 Å². The minimum Gasteiger partial charge on any atom is -0.309 e. The van der Waals surface area contributed by atoms with Crippen molar-refractivity contribution in [2.75, 3.05) is 0 Å². The van der Waals surface area contributed by atoms with E-state index in [1.807, 2.05) is 12.2 Å². The van der Waals surface area contributed by atoms with Crippen molar-refractivity contribution in [3.8, 4) is 50.5 Å². The summed E-state index contributed by atoms with van der Waals surface area (Å²) < 4.78 is 2.36. The van der Waals surface area contributed by atoms with Gasteiger partial charge in [0.1, 0.15) is 0 Å². The molecular formula is C54H37N3. The van der Waals surface area contributed by atoms with Crippen LogP contribution in [0, 0.1) is 0 Å². The Morgan fingerprint density at radius 2 is 0.982 bits per heavy atom. The molecule has 3 heteroatoms. The van der Waals surface area contributed by atoms with Gasteiger partial charge >= 0.3 is 0 Å². The second-order valence-corrected chi connectivity index (χ2v) is 15.0. The van der Waals surface area contributed by atoms with Crippen molar-refractivity contribution >= 4 is 27.4 Å². The lowest BCUT2D eigenvalue weighted by Gasteiger charge is -2.31. The van der Waals surface area contributed by atoms with Gasteiger partial charge in [-0.05, 0) is 75.7 Å². The van der Waals surface area contributed by atoms with Crippen LogP contribution in [-0.2, 0) is 5.41 Å². The highest BCUT2D eigenvalue weighted by atomic mass is 15.0. The fraction of sp³-hybridized carbons (Fsp3) is 0.0370. The van der Waals surface area contributed by atoms with Crippen LogP contribution in [0.4, 0.5) is 0 Å². The van der Waals surface area contributed by atoms with E-state index in [0.29, 0.717) is 5.82 Å². The number of hydrogen-bond acceptors (Lipinski definition) is 2. The van der Waals surface area contributed by atoms with Crippen molar-refractivity contribution in [1.82, 2.24) is 14.5 Å². The Kier molecular flexibility index (Phi) is 7.45. The number of rotatable bonds is 6. The summed E-state index contributed by atoms with van der Waals surface area (Å²) in [5.41, 5.74) is 17.9. The van der Waals surface area contributed by atoms with Gasteiger partial charge in [-0.2, -0.15) is 0 Å². The van der Waals surface area contributed by atoms with Crippen molar-refractivity contribution in [2.45, 2.75) is 12.3 Å². The third-order valence-electron chi connectivity index (χ3n) is 12.0. The van der Waals surface area contributed by atoms with Crippen LogP contribution in [0.3, 0.4) is 0 Å². The predicted octanol–water partition coefficient (Wildman–Crippen LogP) is 13.4. The summed E-state index contributed by atoms with van der Waals surface area (Å²) in [6, 6.07) is 61.8. The summed E-state index contributed by atoms with van der Waals surface area (Å²) in [6.45, 7) is 5.94. The normalized spacial score (nSPS) is 13.6. The molecule has 0 atom stereocenters. The number of nitrogens with zero attached hydrogens (tertiary/aromatic N) is 3. The first kappa shape index (κ1) is 33.0. The Morgan fingerprint density at radius 3 is 1.58 bits per heavy atom. The van der Waals surface area contributed by atoms with E-state index in [4.69, 9.17) is 9.97 Å². The summed E-state index contributed by atoms with van der Waals surface area (Å²) >= 11 is 0. The molecule has 2 heterocycles. The third kappa shape index (κ3) is 4.79. The monoisotopic (exact) mass is 727 g/mol. The van der Waals surface area contributed by atoms with Crippen LogP contribution in [-0.4, -0.2) is 14.5 Å². The third-order valence-corrected chi connectivity index (χ3v) is 12.0. The maximum Gasteiger partial charge on any atom is 0.156 e. The van der Waals surface area contributed by atoms with Gasteiger partial charge < -0.3 is 4.57 Å². The molecule has 1 spiro atoms. The lowest BCUT2D eigenvalue weighted by atomic mass is 9.69. The molecule has 0 aliphatic heterocycles. The first-order valence-corrected chi connectivity index (χ1v) is 19.5. The van der Waals surface area contributed by atoms with Gasteiger partial charge in [0.05, 0.1) is 27.8 Å². The fourth-order valence-electron chi connectivity index (χ4n) is 9.52. The van der Waals surface area contributed by atoms with Crippen LogP contribution in [0.1, 0.15) is 35.0 Å². The molecule has 57 heavy (non-hydrogen) atoms. The number of allylic oxidation sites excluding steroid dienone is 5. The minimum absolute atomic E-state index is 0.561. The highest BCUT2D eigenvalue weighted by Gasteiger charge is 2.54. The van der Waals surface area contributed by atoms with Crippen LogP contribution in [0.5, 0.6) is 0 Å². The van der Waals surface area contributed by atoms with Gasteiger partial charge in [0.2, 0.25) is 0 Å². The van der Waals surface area contributed by atoms with E-state index in [9.17, 15) is 0 Å². The molecule has 0 saturated heterocycles. The standard InChI is InChI=1S/C54H37N3/c1-3-4-5-16-35(2)53-55-51(50-52(56-53)44-21-8-13-24-47(44)54(50)45-22-11-6-17-40(45)41-18-7-12-23-46(41)54)38-29-27-36(28-30-38)37-31-33-39(34-32-37)57-48-25-14-9-19-42(48)43-20-10-15-26-49(43)57/h3-34H,1H2,2H3/b5-4-,35-16+. The van der Waals surface area contributed by atoms with Gasteiger partial charge in [-0.15, -0.1) is 0 Å². The predicted molar refractivity (Wildman–Crippen MR) is 237 cm³/mol. The molecule has 0 unspecified atom stereocenters. The first-order chi connectivity index (χ1) is 28.2. The average molecular weight is 728 g/mol. The molecule has 3 nitrogen and oxygen atoms in total. The van der Waals surface area contributed by atoms with E-state index in [-0.39, 0.29) is 0 Å². The molecule has 0 bridgehead atoms. The van der Waals surface area contributed by atoms with E-state index in [1.54, 1.807) is 6.08 Å². The highest BCUT2D eigenvalue weighted by molar-refractivity contribution is 6.09. The topological polar surface area (TPSA) is 30.7 Å². The largest absolute Gasteiger partial charge is 0.309 e. The maximum absolute atomic E-state index is 5.49. The van der Waals surface area contributed by atoms with Gasteiger partial charge in [-0.3, -0.25) is 0 Å². The molecule has 268 valence electrons. The fourth-order valence-corrected chi connectivity index (χ4v) is 9.52. The molecule has 7 aromatic carbocycles. The van der Waals surface area contributed by atoms with E-state index < -0.39 is 5.41 Å². The SMILES string of the molecule is C=C/C=C\C=C(/C)c1nc(-c2ccc(-c3ccc(-n4c5ccccc5c5ccccc54)cc3)cc2)c2c(n1)-c1ccccc1C21c2ccccc2-c2ccccc21. The van der Waals surface area contributed by atoms with Crippen molar-refractivity contribution in [3.05, 3.63) is 229 Å². The number of benzene rings is 7. The van der Waals surface area contributed by atoms with Gasteiger partial charge in [0, 0.05) is 33.2 Å². The van der Waals surface area contributed by atoms with Gasteiger partial charge in [0.25, 0.3) is 0 Å². The molecule has 0 amide bonds. The molecule has 2 aromatic heterocycles. The van der Waals surface area contributed by atoms with Crippen molar-refractivity contribution in [3.63, 3.8) is 0 Å². The summed E-state index contributed by atoms with van der Waals surface area (Å²) in [7, 11) is 0. The van der Waals surface area contributed by atoms with Crippen molar-refractivity contribution in [1.29, 1.82) is 0 Å². The maximum atomic E-state index is 5.49.